The Bertz CT molecular complexity index is 752. The SMILES string of the molecule is CCCCCCCCOc1c(O)c2c(OCCCCO)cccc2oc1=O. The Balaban J connectivity index is 2.06. The molecule has 6 nitrogen and oxygen atoms in total. The monoisotopic (exact) mass is 378 g/mol. The molecule has 150 valence electrons. The van der Waals surface area contributed by atoms with Gasteiger partial charge in [-0.25, -0.2) is 4.79 Å². The molecular formula is C21H30O6. The molecular weight excluding hydrogens is 348 g/mol. The molecule has 2 rings (SSSR count). The summed E-state index contributed by atoms with van der Waals surface area (Å²) < 4.78 is 16.5. The van der Waals surface area contributed by atoms with E-state index in [0.29, 0.717) is 37.2 Å². The zero-order valence-electron chi connectivity index (χ0n) is 16.0. The summed E-state index contributed by atoms with van der Waals surface area (Å²) in [5, 5.41) is 19.8. The molecule has 2 aromatic rings. The van der Waals surface area contributed by atoms with Crippen molar-refractivity contribution in [2.45, 2.75) is 58.3 Å². The van der Waals surface area contributed by atoms with Gasteiger partial charge in [0, 0.05) is 6.61 Å². The lowest BCUT2D eigenvalue weighted by Gasteiger charge is -2.12. The summed E-state index contributed by atoms with van der Waals surface area (Å²) in [7, 11) is 0. The first-order chi connectivity index (χ1) is 13.2. The topological polar surface area (TPSA) is 89.1 Å². The third kappa shape index (κ3) is 6.17. The van der Waals surface area contributed by atoms with Gasteiger partial charge in [-0.1, -0.05) is 45.1 Å². The van der Waals surface area contributed by atoms with Crippen LogP contribution in [0.2, 0.25) is 0 Å². The van der Waals surface area contributed by atoms with Crippen LogP contribution >= 0.6 is 0 Å². The number of fused-ring (bicyclic) bond motifs is 1. The maximum Gasteiger partial charge on any atom is 0.383 e. The molecule has 0 bridgehead atoms. The summed E-state index contributed by atoms with van der Waals surface area (Å²) in [4.78, 5) is 12.1. The molecule has 0 atom stereocenters. The van der Waals surface area contributed by atoms with E-state index in [1.807, 2.05) is 0 Å². The van der Waals surface area contributed by atoms with E-state index in [1.54, 1.807) is 18.2 Å². The standard InChI is InChI=1S/C21H30O6/c1-2-3-4-5-6-8-15-26-20-19(23)18-16(25-14-9-7-13-22)11-10-12-17(18)27-21(20)24/h10-12,22-23H,2-9,13-15H2,1H3. The highest BCUT2D eigenvalue weighted by Gasteiger charge is 2.18. The minimum absolute atomic E-state index is 0.107. The Hall–Kier alpha value is -2.21. The fourth-order valence-corrected chi connectivity index (χ4v) is 2.89. The van der Waals surface area contributed by atoms with E-state index in [9.17, 15) is 9.90 Å². The molecule has 6 heteroatoms. The zero-order chi connectivity index (χ0) is 19.5. The molecule has 0 saturated heterocycles. The van der Waals surface area contributed by atoms with E-state index >= 15 is 0 Å². The molecule has 1 aromatic carbocycles. The maximum atomic E-state index is 12.1. The maximum absolute atomic E-state index is 12.1. The van der Waals surface area contributed by atoms with Crippen LogP contribution in [0.5, 0.6) is 17.2 Å². The molecule has 0 fully saturated rings. The van der Waals surface area contributed by atoms with E-state index in [-0.39, 0.29) is 23.7 Å². The van der Waals surface area contributed by atoms with Gasteiger partial charge in [0.1, 0.15) is 16.7 Å². The second-order valence-electron chi connectivity index (χ2n) is 6.59. The largest absolute Gasteiger partial charge is 0.503 e. The predicted molar refractivity (Wildman–Crippen MR) is 105 cm³/mol. The molecule has 0 aliphatic heterocycles. The van der Waals surface area contributed by atoms with Crippen molar-refractivity contribution in [1.82, 2.24) is 0 Å². The van der Waals surface area contributed by atoms with Crippen LogP contribution in [0.1, 0.15) is 58.3 Å². The quantitative estimate of drug-likeness (QED) is 0.397. The summed E-state index contributed by atoms with van der Waals surface area (Å²) in [6.45, 7) is 3.03. The van der Waals surface area contributed by atoms with Crippen LogP contribution in [0.3, 0.4) is 0 Å². The van der Waals surface area contributed by atoms with E-state index in [0.717, 1.165) is 19.3 Å². The Kier molecular flexibility index (Phi) is 8.98. The summed E-state index contributed by atoms with van der Waals surface area (Å²) in [5.41, 5.74) is -0.438. The van der Waals surface area contributed by atoms with Crippen molar-refractivity contribution in [3.63, 3.8) is 0 Å². The number of rotatable bonds is 13. The summed E-state index contributed by atoms with van der Waals surface area (Å²) in [6, 6.07) is 5.01. The highest BCUT2D eigenvalue weighted by Crippen LogP contribution is 2.37. The van der Waals surface area contributed by atoms with E-state index in [2.05, 4.69) is 6.92 Å². The molecule has 0 aliphatic rings. The van der Waals surface area contributed by atoms with Gasteiger partial charge in [0.15, 0.2) is 5.75 Å². The molecule has 27 heavy (non-hydrogen) atoms. The van der Waals surface area contributed by atoms with Crippen molar-refractivity contribution in [1.29, 1.82) is 0 Å². The van der Waals surface area contributed by atoms with E-state index < -0.39 is 5.63 Å². The summed E-state index contributed by atoms with van der Waals surface area (Å²) in [6.07, 6.45) is 7.95. The molecule has 0 amide bonds. The number of aliphatic hydroxyl groups is 1. The lowest BCUT2D eigenvalue weighted by molar-refractivity contribution is 0.253. The Morgan fingerprint density at radius 3 is 2.44 bits per heavy atom. The first-order valence-electron chi connectivity index (χ1n) is 9.84. The molecule has 0 unspecified atom stereocenters. The van der Waals surface area contributed by atoms with Crippen LogP contribution in [0.4, 0.5) is 0 Å². The lowest BCUT2D eigenvalue weighted by atomic mass is 10.1. The van der Waals surface area contributed by atoms with E-state index in [4.69, 9.17) is 19.0 Å². The summed E-state index contributed by atoms with van der Waals surface area (Å²) >= 11 is 0. The van der Waals surface area contributed by atoms with Crippen molar-refractivity contribution >= 4 is 11.0 Å². The van der Waals surface area contributed by atoms with Gasteiger partial charge in [0.25, 0.3) is 0 Å². The molecule has 0 aliphatic carbocycles. The number of hydrogen-bond acceptors (Lipinski definition) is 6. The third-order valence-electron chi connectivity index (χ3n) is 4.38. The Labute approximate surface area is 159 Å². The average Bonchev–Trinajstić information content (AvgIpc) is 2.66. The van der Waals surface area contributed by atoms with Crippen molar-refractivity contribution in [2.75, 3.05) is 19.8 Å². The first kappa shape index (κ1) is 21.1. The van der Waals surface area contributed by atoms with Gasteiger partial charge in [-0.3, -0.25) is 0 Å². The minimum Gasteiger partial charge on any atom is -0.503 e. The molecule has 0 radical (unpaired) electrons. The van der Waals surface area contributed by atoms with Gasteiger partial charge >= 0.3 is 5.63 Å². The van der Waals surface area contributed by atoms with Crippen molar-refractivity contribution in [2.24, 2.45) is 0 Å². The van der Waals surface area contributed by atoms with Gasteiger partial charge in [-0.15, -0.1) is 0 Å². The van der Waals surface area contributed by atoms with Crippen molar-refractivity contribution < 1.29 is 24.1 Å². The molecule has 0 spiro atoms. The first-order valence-corrected chi connectivity index (χ1v) is 9.84. The fraction of sp³-hybridized carbons (Fsp3) is 0.571. The molecule has 2 N–H and O–H groups in total. The second-order valence-corrected chi connectivity index (χ2v) is 6.59. The van der Waals surface area contributed by atoms with Gasteiger partial charge in [0.05, 0.1) is 13.2 Å². The Morgan fingerprint density at radius 2 is 1.67 bits per heavy atom. The summed E-state index contributed by atoms with van der Waals surface area (Å²) in [5.74, 6) is 0.0172. The third-order valence-corrected chi connectivity index (χ3v) is 4.38. The second kappa shape index (κ2) is 11.5. The van der Waals surface area contributed by atoms with Gasteiger partial charge in [-0.05, 0) is 31.4 Å². The molecule has 1 heterocycles. The number of aromatic hydroxyl groups is 1. The average molecular weight is 378 g/mol. The smallest absolute Gasteiger partial charge is 0.383 e. The van der Waals surface area contributed by atoms with Crippen molar-refractivity contribution in [3.8, 4) is 17.2 Å². The van der Waals surface area contributed by atoms with Gasteiger partial charge < -0.3 is 24.1 Å². The number of hydrogen-bond donors (Lipinski definition) is 2. The number of unbranched alkanes of at least 4 members (excludes halogenated alkanes) is 6. The number of benzene rings is 1. The van der Waals surface area contributed by atoms with Crippen LogP contribution in [0.15, 0.2) is 27.4 Å². The lowest BCUT2D eigenvalue weighted by Crippen LogP contribution is -2.09. The number of aliphatic hydroxyl groups excluding tert-OH is 1. The highest BCUT2D eigenvalue weighted by atomic mass is 16.5. The van der Waals surface area contributed by atoms with Crippen molar-refractivity contribution in [3.05, 3.63) is 28.6 Å². The Morgan fingerprint density at radius 1 is 0.963 bits per heavy atom. The van der Waals surface area contributed by atoms with Gasteiger partial charge in [-0.2, -0.15) is 0 Å². The fourth-order valence-electron chi connectivity index (χ4n) is 2.89. The molecule has 1 aromatic heterocycles. The van der Waals surface area contributed by atoms with E-state index in [1.165, 1.54) is 19.3 Å². The van der Waals surface area contributed by atoms with Crippen LogP contribution in [0, 0.1) is 0 Å². The number of ether oxygens (including phenoxy) is 2. The zero-order valence-corrected chi connectivity index (χ0v) is 16.0. The predicted octanol–water partition coefficient (Wildman–Crippen LogP) is 4.39. The van der Waals surface area contributed by atoms with Crippen LogP contribution in [-0.4, -0.2) is 30.0 Å². The normalized spacial score (nSPS) is 11.0. The van der Waals surface area contributed by atoms with Crippen LogP contribution < -0.4 is 15.1 Å². The minimum atomic E-state index is -0.691. The van der Waals surface area contributed by atoms with Gasteiger partial charge in [0.2, 0.25) is 5.75 Å². The van der Waals surface area contributed by atoms with Crippen LogP contribution in [-0.2, 0) is 0 Å². The highest BCUT2D eigenvalue weighted by molar-refractivity contribution is 5.91. The van der Waals surface area contributed by atoms with Crippen LogP contribution in [0.25, 0.3) is 11.0 Å². The molecule has 0 saturated carbocycles.